The van der Waals surface area contributed by atoms with Crippen LogP contribution in [0.4, 0.5) is 8.78 Å². The maximum absolute atomic E-state index is 13.0. The molecule has 3 heteroatoms. The van der Waals surface area contributed by atoms with Crippen LogP contribution in [0, 0.1) is 17.6 Å². The van der Waals surface area contributed by atoms with Crippen LogP contribution >= 0.6 is 0 Å². The molecule has 0 spiro atoms. The van der Waals surface area contributed by atoms with E-state index in [-0.39, 0.29) is 0 Å². The fourth-order valence-electron chi connectivity index (χ4n) is 1.71. The third-order valence-corrected chi connectivity index (χ3v) is 2.77. The molecule has 1 aromatic rings. The standard InChI is InChI=1S/C13H19F2N/c1-3-10(9-16-4-2)7-11-5-6-12(14)13(15)8-11/h5-6,8,10,16H,3-4,7,9H2,1-2H3. The molecule has 0 saturated heterocycles. The van der Waals surface area contributed by atoms with Gasteiger partial charge in [-0.2, -0.15) is 0 Å². The third-order valence-electron chi connectivity index (χ3n) is 2.77. The van der Waals surface area contributed by atoms with Crippen LogP contribution in [0.25, 0.3) is 0 Å². The number of rotatable bonds is 6. The minimum absolute atomic E-state index is 0.477. The lowest BCUT2D eigenvalue weighted by Crippen LogP contribution is -2.23. The first kappa shape index (κ1) is 13.1. The second-order valence-electron chi connectivity index (χ2n) is 4.03. The maximum atomic E-state index is 13.0. The molecule has 16 heavy (non-hydrogen) atoms. The van der Waals surface area contributed by atoms with E-state index < -0.39 is 11.6 Å². The third kappa shape index (κ3) is 3.89. The zero-order chi connectivity index (χ0) is 12.0. The van der Waals surface area contributed by atoms with E-state index in [2.05, 4.69) is 19.2 Å². The molecule has 1 atom stereocenters. The van der Waals surface area contributed by atoms with Gasteiger partial charge < -0.3 is 5.32 Å². The monoisotopic (exact) mass is 227 g/mol. The highest BCUT2D eigenvalue weighted by atomic mass is 19.2. The highest BCUT2D eigenvalue weighted by molar-refractivity contribution is 5.18. The van der Waals surface area contributed by atoms with Crippen molar-refractivity contribution in [2.45, 2.75) is 26.7 Å². The molecule has 90 valence electrons. The van der Waals surface area contributed by atoms with Gasteiger partial charge in [0.1, 0.15) is 0 Å². The van der Waals surface area contributed by atoms with Crippen LogP contribution in [0.5, 0.6) is 0 Å². The van der Waals surface area contributed by atoms with Gasteiger partial charge in [-0.05, 0) is 43.1 Å². The number of nitrogens with one attached hydrogen (secondary N) is 1. The molecule has 0 bridgehead atoms. The van der Waals surface area contributed by atoms with Crippen molar-refractivity contribution in [2.75, 3.05) is 13.1 Å². The van der Waals surface area contributed by atoms with Gasteiger partial charge in [0.25, 0.3) is 0 Å². The van der Waals surface area contributed by atoms with Crippen LogP contribution in [-0.2, 0) is 6.42 Å². The van der Waals surface area contributed by atoms with E-state index >= 15 is 0 Å². The molecule has 0 aliphatic heterocycles. The topological polar surface area (TPSA) is 12.0 Å². The van der Waals surface area contributed by atoms with Gasteiger partial charge in [0, 0.05) is 0 Å². The van der Waals surface area contributed by atoms with Crippen molar-refractivity contribution in [3.63, 3.8) is 0 Å². The minimum atomic E-state index is -0.775. The zero-order valence-electron chi connectivity index (χ0n) is 9.89. The van der Waals surface area contributed by atoms with E-state index in [1.165, 1.54) is 12.1 Å². The van der Waals surface area contributed by atoms with Gasteiger partial charge in [0.05, 0.1) is 0 Å². The molecule has 0 saturated carbocycles. The predicted molar refractivity (Wildman–Crippen MR) is 62.4 cm³/mol. The van der Waals surface area contributed by atoms with Crippen LogP contribution in [0.15, 0.2) is 18.2 Å². The summed E-state index contributed by atoms with van der Waals surface area (Å²) in [5, 5.41) is 3.28. The molecule has 0 heterocycles. The Balaban J connectivity index is 2.59. The van der Waals surface area contributed by atoms with E-state index in [4.69, 9.17) is 0 Å². The van der Waals surface area contributed by atoms with Gasteiger partial charge in [-0.3, -0.25) is 0 Å². The molecule has 1 aromatic carbocycles. The highest BCUT2D eigenvalue weighted by Gasteiger charge is 2.09. The summed E-state index contributed by atoms with van der Waals surface area (Å²) in [6, 6.07) is 4.15. The highest BCUT2D eigenvalue weighted by Crippen LogP contribution is 2.14. The lowest BCUT2D eigenvalue weighted by Gasteiger charge is -2.15. The normalized spacial score (nSPS) is 12.8. The Morgan fingerprint density at radius 2 is 1.94 bits per heavy atom. The number of benzene rings is 1. The summed E-state index contributed by atoms with van der Waals surface area (Å²) < 4.78 is 25.7. The molecule has 1 N–H and O–H groups in total. The van der Waals surface area contributed by atoms with E-state index in [9.17, 15) is 8.78 Å². The van der Waals surface area contributed by atoms with Crippen molar-refractivity contribution in [1.29, 1.82) is 0 Å². The first-order valence-electron chi connectivity index (χ1n) is 5.82. The van der Waals surface area contributed by atoms with Crippen LogP contribution in [0.1, 0.15) is 25.8 Å². The summed E-state index contributed by atoms with van der Waals surface area (Å²) in [5.41, 5.74) is 0.864. The van der Waals surface area contributed by atoms with Gasteiger partial charge in [0.15, 0.2) is 11.6 Å². The SMILES string of the molecule is CCNCC(CC)Cc1ccc(F)c(F)c1. The Morgan fingerprint density at radius 1 is 1.19 bits per heavy atom. The number of halogens is 2. The Labute approximate surface area is 95.9 Å². The second kappa shape index (κ2) is 6.59. The molecule has 0 radical (unpaired) electrons. The molecule has 0 aromatic heterocycles. The first-order chi connectivity index (χ1) is 7.67. The van der Waals surface area contributed by atoms with Gasteiger partial charge in [-0.25, -0.2) is 8.78 Å². The quantitative estimate of drug-likeness (QED) is 0.787. The van der Waals surface area contributed by atoms with Gasteiger partial charge in [0.2, 0.25) is 0 Å². The first-order valence-corrected chi connectivity index (χ1v) is 5.82. The lowest BCUT2D eigenvalue weighted by atomic mass is 9.97. The van der Waals surface area contributed by atoms with Crippen molar-refractivity contribution in [2.24, 2.45) is 5.92 Å². The van der Waals surface area contributed by atoms with E-state index in [1.807, 2.05) is 0 Å². The van der Waals surface area contributed by atoms with Gasteiger partial charge in [-0.1, -0.05) is 26.3 Å². The van der Waals surface area contributed by atoms with Crippen LogP contribution in [0.2, 0.25) is 0 Å². The summed E-state index contributed by atoms with van der Waals surface area (Å²) in [4.78, 5) is 0. The zero-order valence-corrected chi connectivity index (χ0v) is 9.89. The molecular weight excluding hydrogens is 208 g/mol. The summed E-state index contributed by atoms with van der Waals surface area (Å²) in [6.45, 7) is 6.03. The van der Waals surface area contributed by atoms with E-state index in [1.54, 1.807) is 6.07 Å². The van der Waals surface area contributed by atoms with Crippen molar-refractivity contribution in [3.05, 3.63) is 35.4 Å². The van der Waals surface area contributed by atoms with Gasteiger partial charge >= 0.3 is 0 Å². The van der Waals surface area contributed by atoms with Crippen LogP contribution in [-0.4, -0.2) is 13.1 Å². The average molecular weight is 227 g/mol. The molecule has 0 aliphatic carbocycles. The van der Waals surface area contributed by atoms with Crippen molar-refractivity contribution in [3.8, 4) is 0 Å². The molecule has 1 rings (SSSR count). The largest absolute Gasteiger partial charge is 0.317 e. The molecule has 1 unspecified atom stereocenters. The van der Waals surface area contributed by atoms with Crippen molar-refractivity contribution in [1.82, 2.24) is 5.32 Å². The lowest BCUT2D eigenvalue weighted by molar-refractivity contribution is 0.462. The smallest absolute Gasteiger partial charge is 0.159 e. The van der Waals surface area contributed by atoms with Gasteiger partial charge in [-0.15, -0.1) is 0 Å². The summed E-state index contributed by atoms with van der Waals surface area (Å²) in [6.07, 6.45) is 1.83. The predicted octanol–water partition coefficient (Wildman–Crippen LogP) is 3.14. The fourth-order valence-corrected chi connectivity index (χ4v) is 1.71. The van der Waals surface area contributed by atoms with Crippen LogP contribution < -0.4 is 5.32 Å². The molecule has 0 aliphatic rings. The molecule has 1 nitrogen and oxygen atoms in total. The summed E-state index contributed by atoms with van der Waals surface area (Å²) in [7, 11) is 0. The van der Waals surface area contributed by atoms with Crippen molar-refractivity contribution >= 4 is 0 Å². The Morgan fingerprint density at radius 3 is 2.50 bits per heavy atom. The molecular formula is C13H19F2N. The molecule has 0 fully saturated rings. The fraction of sp³-hybridized carbons (Fsp3) is 0.538. The Kier molecular flexibility index (Phi) is 5.39. The maximum Gasteiger partial charge on any atom is 0.159 e. The average Bonchev–Trinajstić information content (AvgIpc) is 2.29. The van der Waals surface area contributed by atoms with Crippen molar-refractivity contribution < 1.29 is 8.78 Å². The Bertz CT molecular complexity index is 326. The summed E-state index contributed by atoms with van der Waals surface area (Å²) in [5.74, 6) is -1.05. The van der Waals surface area contributed by atoms with Crippen LogP contribution in [0.3, 0.4) is 0 Å². The van der Waals surface area contributed by atoms with E-state index in [0.717, 1.165) is 31.5 Å². The second-order valence-corrected chi connectivity index (χ2v) is 4.03. The molecule has 0 amide bonds. The van der Waals surface area contributed by atoms with E-state index in [0.29, 0.717) is 5.92 Å². The number of hydrogen-bond donors (Lipinski definition) is 1. The Hall–Kier alpha value is -0.960. The minimum Gasteiger partial charge on any atom is -0.317 e. The summed E-state index contributed by atoms with van der Waals surface area (Å²) >= 11 is 0. The number of hydrogen-bond acceptors (Lipinski definition) is 1.